The number of hydrogen-bond acceptors (Lipinski definition) is 4. The molecule has 2 N–H and O–H groups in total. The van der Waals surface area contributed by atoms with Crippen LogP contribution in [0, 0.1) is 6.92 Å². The van der Waals surface area contributed by atoms with Crippen molar-refractivity contribution in [2.24, 2.45) is 0 Å². The molecule has 1 amide bonds. The van der Waals surface area contributed by atoms with Crippen LogP contribution in [0.4, 0.5) is 0 Å². The number of rotatable bonds is 5. The molecule has 0 saturated carbocycles. The van der Waals surface area contributed by atoms with E-state index in [2.05, 4.69) is 36.0 Å². The van der Waals surface area contributed by atoms with Gasteiger partial charge in [0.15, 0.2) is 0 Å². The summed E-state index contributed by atoms with van der Waals surface area (Å²) in [6.07, 6.45) is 0. The molecule has 1 aliphatic heterocycles. The summed E-state index contributed by atoms with van der Waals surface area (Å²) in [5.41, 5.74) is 2.11. The van der Waals surface area contributed by atoms with Crippen LogP contribution < -0.4 is 5.32 Å². The zero-order chi connectivity index (χ0) is 17.9. The van der Waals surface area contributed by atoms with Crippen LogP contribution in [0.2, 0.25) is 0 Å². The summed E-state index contributed by atoms with van der Waals surface area (Å²) >= 11 is 0. The van der Waals surface area contributed by atoms with E-state index >= 15 is 0 Å². The first kappa shape index (κ1) is 18.4. The highest BCUT2D eigenvalue weighted by Crippen LogP contribution is 2.18. The number of carbonyl (C=O) groups is 2. The second-order valence-electron chi connectivity index (χ2n) is 7.17. The van der Waals surface area contributed by atoms with Crippen LogP contribution in [0.25, 0.3) is 0 Å². The minimum atomic E-state index is -0.956. The number of carbonyl (C=O) groups excluding carboxylic acids is 1. The SMILES string of the molecule is Cc1ccc(C(=O)O)cc1CNC(=O)CN1CCN(C)C(C)(C)C1. The molecule has 6 heteroatoms. The van der Waals surface area contributed by atoms with E-state index in [9.17, 15) is 9.59 Å². The first-order valence-corrected chi connectivity index (χ1v) is 8.22. The van der Waals surface area contributed by atoms with Gasteiger partial charge in [0.1, 0.15) is 0 Å². The fourth-order valence-electron chi connectivity index (χ4n) is 2.92. The van der Waals surface area contributed by atoms with Gasteiger partial charge in [0.05, 0.1) is 12.1 Å². The highest BCUT2D eigenvalue weighted by molar-refractivity contribution is 5.88. The highest BCUT2D eigenvalue weighted by atomic mass is 16.4. The maximum Gasteiger partial charge on any atom is 0.335 e. The van der Waals surface area contributed by atoms with Crippen LogP contribution >= 0.6 is 0 Å². The van der Waals surface area contributed by atoms with E-state index < -0.39 is 5.97 Å². The van der Waals surface area contributed by atoms with Crippen molar-refractivity contribution in [3.8, 4) is 0 Å². The molecular formula is C18H27N3O3. The molecule has 0 radical (unpaired) electrons. The number of likely N-dealkylation sites (N-methyl/N-ethyl adjacent to an activating group) is 1. The number of benzene rings is 1. The van der Waals surface area contributed by atoms with Crippen molar-refractivity contribution in [3.63, 3.8) is 0 Å². The third-order valence-corrected chi connectivity index (χ3v) is 4.83. The lowest BCUT2D eigenvalue weighted by Crippen LogP contribution is -2.58. The summed E-state index contributed by atoms with van der Waals surface area (Å²) in [6, 6.07) is 4.97. The maximum atomic E-state index is 12.2. The van der Waals surface area contributed by atoms with Crippen molar-refractivity contribution in [1.29, 1.82) is 0 Å². The Kier molecular flexibility index (Phi) is 5.62. The molecular weight excluding hydrogens is 306 g/mol. The van der Waals surface area contributed by atoms with Crippen LogP contribution in [-0.2, 0) is 11.3 Å². The van der Waals surface area contributed by atoms with Gasteiger partial charge in [0.2, 0.25) is 5.91 Å². The van der Waals surface area contributed by atoms with E-state index in [4.69, 9.17) is 5.11 Å². The van der Waals surface area contributed by atoms with E-state index in [1.165, 1.54) is 0 Å². The smallest absolute Gasteiger partial charge is 0.335 e. The largest absolute Gasteiger partial charge is 0.478 e. The van der Waals surface area contributed by atoms with E-state index in [-0.39, 0.29) is 17.0 Å². The lowest BCUT2D eigenvalue weighted by atomic mass is 10.00. The number of nitrogens with one attached hydrogen (secondary N) is 1. The van der Waals surface area contributed by atoms with E-state index in [1.54, 1.807) is 18.2 Å². The molecule has 1 aliphatic rings. The fraction of sp³-hybridized carbons (Fsp3) is 0.556. The molecule has 0 aromatic heterocycles. The van der Waals surface area contributed by atoms with Crippen LogP contribution in [-0.4, -0.2) is 65.5 Å². The normalized spacial score (nSPS) is 18.3. The first-order valence-electron chi connectivity index (χ1n) is 8.22. The van der Waals surface area contributed by atoms with Crippen molar-refractivity contribution in [2.45, 2.75) is 32.9 Å². The number of carboxylic acids is 1. The van der Waals surface area contributed by atoms with Gasteiger partial charge in [-0.2, -0.15) is 0 Å². The van der Waals surface area contributed by atoms with Crippen LogP contribution in [0.5, 0.6) is 0 Å². The number of hydrogen-bond donors (Lipinski definition) is 2. The minimum Gasteiger partial charge on any atom is -0.478 e. The zero-order valence-corrected chi connectivity index (χ0v) is 14.9. The molecule has 0 unspecified atom stereocenters. The standard InChI is InChI=1S/C18H27N3O3/c1-13-5-6-14(17(23)24)9-15(13)10-19-16(22)11-21-8-7-20(4)18(2,3)12-21/h5-6,9H,7-8,10-12H2,1-4H3,(H,19,22)(H,23,24). The molecule has 132 valence electrons. The number of aromatic carboxylic acids is 1. The summed E-state index contributed by atoms with van der Waals surface area (Å²) in [4.78, 5) is 27.7. The summed E-state index contributed by atoms with van der Waals surface area (Å²) in [5.74, 6) is -0.988. The van der Waals surface area contributed by atoms with Crippen molar-refractivity contribution in [3.05, 3.63) is 34.9 Å². The van der Waals surface area contributed by atoms with E-state index in [0.717, 1.165) is 30.8 Å². The molecule has 1 aromatic rings. The lowest BCUT2D eigenvalue weighted by molar-refractivity contribution is -0.123. The quantitative estimate of drug-likeness (QED) is 0.851. The van der Waals surface area contributed by atoms with Crippen LogP contribution in [0.15, 0.2) is 18.2 Å². The Bertz CT molecular complexity index is 628. The van der Waals surface area contributed by atoms with E-state index in [0.29, 0.717) is 13.1 Å². The average molecular weight is 333 g/mol. The summed E-state index contributed by atoms with van der Waals surface area (Å²) < 4.78 is 0. The number of aryl methyl sites for hydroxylation is 1. The van der Waals surface area contributed by atoms with Gasteiger partial charge in [-0.15, -0.1) is 0 Å². The molecule has 0 aliphatic carbocycles. The van der Waals surface area contributed by atoms with Crippen LogP contribution in [0.3, 0.4) is 0 Å². The van der Waals surface area contributed by atoms with Gasteiger partial charge in [-0.25, -0.2) is 4.79 Å². The van der Waals surface area contributed by atoms with Gasteiger partial charge >= 0.3 is 5.97 Å². The summed E-state index contributed by atoms with van der Waals surface area (Å²) in [5, 5.41) is 12.0. The van der Waals surface area contributed by atoms with Crippen molar-refractivity contribution in [1.82, 2.24) is 15.1 Å². The van der Waals surface area contributed by atoms with Crippen molar-refractivity contribution < 1.29 is 14.7 Å². The second kappa shape index (κ2) is 7.32. The van der Waals surface area contributed by atoms with Gasteiger partial charge in [0.25, 0.3) is 0 Å². The molecule has 0 atom stereocenters. The molecule has 24 heavy (non-hydrogen) atoms. The van der Waals surface area contributed by atoms with Crippen LogP contribution in [0.1, 0.15) is 35.3 Å². The number of piperazine rings is 1. The number of carboxylic acid groups (broad SMARTS) is 1. The Morgan fingerprint density at radius 3 is 2.62 bits per heavy atom. The number of nitrogens with zero attached hydrogens (tertiary/aromatic N) is 2. The molecule has 1 heterocycles. The van der Waals surface area contributed by atoms with Gasteiger partial charge in [0, 0.05) is 31.7 Å². The third kappa shape index (κ3) is 4.55. The topological polar surface area (TPSA) is 72.9 Å². The average Bonchev–Trinajstić information content (AvgIpc) is 2.49. The highest BCUT2D eigenvalue weighted by Gasteiger charge is 2.31. The lowest BCUT2D eigenvalue weighted by Gasteiger charge is -2.45. The fourth-order valence-corrected chi connectivity index (χ4v) is 2.92. The Morgan fingerprint density at radius 2 is 2.00 bits per heavy atom. The van der Waals surface area contributed by atoms with E-state index in [1.807, 2.05) is 6.92 Å². The number of amides is 1. The minimum absolute atomic E-state index is 0.0320. The molecule has 1 aromatic carbocycles. The third-order valence-electron chi connectivity index (χ3n) is 4.83. The van der Waals surface area contributed by atoms with Gasteiger partial charge < -0.3 is 10.4 Å². The molecule has 0 bridgehead atoms. The Morgan fingerprint density at radius 1 is 1.29 bits per heavy atom. The molecule has 1 fully saturated rings. The van der Waals surface area contributed by atoms with Gasteiger partial charge in [-0.05, 0) is 51.1 Å². The molecule has 6 nitrogen and oxygen atoms in total. The molecule has 2 rings (SSSR count). The second-order valence-corrected chi connectivity index (χ2v) is 7.17. The van der Waals surface area contributed by atoms with Crippen molar-refractivity contribution in [2.75, 3.05) is 33.2 Å². The Labute approximate surface area is 143 Å². The Hall–Kier alpha value is -1.92. The van der Waals surface area contributed by atoms with Crippen molar-refractivity contribution >= 4 is 11.9 Å². The van der Waals surface area contributed by atoms with Gasteiger partial charge in [-0.1, -0.05) is 6.07 Å². The van der Waals surface area contributed by atoms with Gasteiger partial charge in [-0.3, -0.25) is 14.6 Å². The monoisotopic (exact) mass is 333 g/mol. The maximum absolute atomic E-state index is 12.2. The predicted molar refractivity (Wildman–Crippen MR) is 93.1 cm³/mol. The molecule has 0 spiro atoms. The first-order chi connectivity index (χ1) is 11.2. The molecule has 1 saturated heterocycles. The Balaban J connectivity index is 1.90. The zero-order valence-electron chi connectivity index (χ0n) is 14.9. The predicted octanol–water partition coefficient (Wildman–Crippen LogP) is 1.34. The summed E-state index contributed by atoms with van der Waals surface area (Å²) in [6.45, 7) is 9.66. The summed E-state index contributed by atoms with van der Waals surface area (Å²) in [7, 11) is 2.11.